The maximum absolute atomic E-state index is 4.67. The number of aromatic nitrogens is 2. The second-order valence-electron chi connectivity index (χ2n) is 4.38. The highest BCUT2D eigenvalue weighted by atomic mass is 79.9. The summed E-state index contributed by atoms with van der Waals surface area (Å²) in [7, 11) is 0. The lowest BCUT2D eigenvalue weighted by molar-refractivity contribution is 0.641. The van der Waals surface area contributed by atoms with Crippen molar-refractivity contribution in [3.8, 4) is 11.3 Å². The SMILES string of the molecule is CCn1nc(C(C)C)c(Br)c1-c1ccccc1. The number of nitrogens with zero attached hydrogens (tertiary/aromatic N) is 2. The lowest BCUT2D eigenvalue weighted by Gasteiger charge is -2.05. The van der Waals surface area contributed by atoms with Crippen LogP contribution in [0.1, 0.15) is 32.4 Å². The number of rotatable bonds is 3. The minimum absolute atomic E-state index is 0.430. The summed E-state index contributed by atoms with van der Waals surface area (Å²) in [6.07, 6.45) is 0. The van der Waals surface area contributed by atoms with E-state index in [0.717, 1.165) is 16.7 Å². The van der Waals surface area contributed by atoms with Crippen molar-refractivity contribution < 1.29 is 0 Å². The summed E-state index contributed by atoms with van der Waals surface area (Å²) in [5.41, 5.74) is 3.52. The van der Waals surface area contributed by atoms with Crippen molar-refractivity contribution in [2.45, 2.75) is 33.2 Å². The van der Waals surface area contributed by atoms with Gasteiger partial charge in [-0.3, -0.25) is 4.68 Å². The lowest BCUT2D eigenvalue weighted by Crippen LogP contribution is -2.00. The Morgan fingerprint density at radius 1 is 1.24 bits per heavy atom. The van der Waals surface area contributed by atoms with Crippen LogP contribution in [0.5, 0.6) is 0 Å². The van der Waals surface area contributed by atoms with Gasteiger partial charge in [-0.1, -0.05) is 44.2 Å². The molecule has 0 bridgehead atoms. The van der Waals surface area contributed by atoms with Gasteiger partial charge in [-0.2, -0.15) is 5.10 Å². The molecule has 1 aromatic heterocycles. The molecule has 0 saturated heterocycles. The van der Waals surface area contributed by atoms with E-state index in [0.29, 0.717) is 5.92 Å². The molecule has 1 aromatic carbocycles. The molecule has 0 radical (unpaired) electrons. The highest BCUT2D eigenvalue weighted by molar-refractivity contribution is 9.10. The summed E-state index contributed by atoms with van der Waals surface area (Å²) < 4.78 is 3.19. The lowest BCUT2D eigenvalue weighted by atomic mass is 10.1. The number of hydrogen-bond acceptors (Lipinski definition) is 1. The van der Waals surface area contributed by atoms with Crippen LogP contribution in [0.15, 0.2) is 34.8 Å². The van der Waals surface area contributed by atoms with Crippen molar-refractivity contribution in [1.29, 1.82) is 0 Å². The summed E-state index contributed by atoms with van der Waals surface area (Å²) in [5.74, 6) is 0.430. The van der Waals surface area contributed by atoms with Gasteiger partial charge in [0.25, 0.3) is 0 Å². The van der Waals surface area contributed by atoms with Crippen molar-refractivity contribution in [2.75, 3.05) is 0 Å². The largest absolute Gasteiger partial charge is 0.264 e. The molecule has 0 spiro atoms. The minimum Gasteiger partial charge on any atom is -0.264 e. The third kappa shape index (κ3) is 2.29. The van der Waals surface area contributed by atoms with Crippen LogP contribution < -0.4 is 0 Å². The summed E-state index contributed by atoms with van der Waals surface area (Å²) in [4.78, 5) is 0. The zero-order valence-electron chi connectivity index (χ0n) is 10.4. The van der Waals surface area contributed by atoms with E-state index < -0.39 is 0 Å². The van der Waals surface area contributed by atoms with Gasteiger partial charge in [0.1, 0.15) is 0 Å². The van der Waals surface area contributed by atoms with Gasteiger partial charge >= 0.3 is 0 Å². The summed E-state index contributed by atoms with van der Waals surface area (Å²) in [6.45, 7) is 7.34. The molecule has 17 heavy (non-hydrogen) atoms. The van der Waals surface area contributed by atoms with Crippen LogP contribution in [0.25, 0.3) is 11.3 Å². The number of hydrogen-bond donors (Lipinski definition) is 0. The molecule has 3 heteroatoms. The smallest absolute Gasteiger partial charge is 0.0827 e. The Hall–Kier alpha value is -1.09. The van der Waals surface area contributed by atoms with Gasteiger partial charge < -0.3 is 0 Å². The predicted molar refractivity (Wildman–Crippen MR) is 75.1 cm³/mol. The quantitative estimate of drug-likeness (QED) is 0.817. The van der Waals surface area contributed by atoms with Crippen LogP contribution in [0.4, 0.5) is 0 Å². The van der Waals surface area contributed by atoms with Crippen LogP contribution in [-0.4, -0.2) is 9.78 Å². The second-order valence-corrected chi connectivity index (χ2v) is 5.18. The Morgan fingerprint density at radius 2 is 1.88 bits per heavy atom. The van der Waals surface area contributed by atoms with Gasteiger partial charge in [-0.25, -0.2) is 0 Å². The van der Waals surface area contributed by atoms with Gasteiger partial charge in [-0.05, 0) is 28.8 Å². The zero-order chi connectivity index (χ0) is 12.4. The molecule has 2 aromatic rings. The van der Waals surface area contributed by atoms with Crippen molar-refractivity contribution >= 4 is 15.9 Å². The molecule has 2 nitrogen and oxygen atoms in total. The molecule has 2 rings (SSSR count). The Balaban J connectivity index is 2.60. The first-order valence-electron chi connectivity index (χ1n) is 5.96. The van der Waals surface area contributed by atoms with E-state index in [1.165, 1.54) is 11.3 Å². The maximum atomic E-state index is 4.67. The topological polar surface area (TPSA) is 17.8 Å². The minimum atomic E-state index is 0.430. The first kappa shape index (κ1) is 12.4. The molecule has 1 heterocycles. The van der Waals surface area contributed by atoms with E-state index in [4.69, 9.17) is 0 Å². The standard InChI is InChI=1S/C14H17BrN2/c1-4-17-14(11-8-6-5-7-9-11)12(15)13(16-17)10(2)3/h5-10H,4H2,1-3H3. The van der Waals surface area contributed by atoms with E-state index >= 15 is 0 Å². The monoisotopic (exact) mass is 292 g/mol. The van der Waals surface area contributed by atoms with Crippen molar-refractivity contribution in [3.63, 3.8) is 0 Å². The van der Waals surface area contributed by atoms with Crippen LogP contribution in [0.2, 0.25) is 0 Å². The first-order valence-corrected chi connectivity index (χ1v) is 6.76. The normalized spacial score (nSPS) is 11.1. The van der Waals surface area contributed by atoms with Gasteiger partial charge in [-0.15, -0.1) is 0 Å². The van der Waals surface area contributed by atoms with Crippen LogP contribution in [0, 0.1) is 0 Å². The van der Waals surface area contributed by atoms with Crippen LogP contribution in [0.3, 0.4) is 0 Å². The molecule has 0 atom stereocenters. The molecule has 0 N–H and O–H groups in total. The molecule has 0 saturated carbocycles. The predicted octanol–water partition coefficient (Wildman–Crippen LogP) is 4.46. The average molecular weight is 293 g/mol. The molecule has 0 aliphatic carbocycles. The number of aryl methyl sites for hydroxylation is 1. The van der Waals surface area contributed by atoms with Gasteiger partial charge in [0, 0.05) is 12.1 Å². The van der Waals surface area contributed by atoms with Crippen LogP contribution >= 0.6 is 15.9 Å². The Morgan fingerprint density at radius 3 is 2.41 bits per heavy atom. The molecule has 0 fully saturated rings. The van der Waals surface area contributed by atoms with E-state index in [1.54, 1.807) is 0 Å². The van der Waals surface area contributed by atoms with E-state index in [-0.39, 0.29) is 0 Å². The van der Waals surface area contributed by atoms with Crippen molar-refractivity contribution in [1.82, 2.24) is 9.78 Å². The van der Waals surface area contributed by atoms with E-state index in [2.05, 4.69) is 70.7 Å². The van der Waals surface area contributed by atoms with Crippen molar-refractivity contribution in [2.24, 2.45) is 0 Å². The zero-order valence-corrected chi connectivity index (χ0v) is 12.0. The van der Waals surface area contributed by atoms with E-state index in [9.17, 15) is 0 Å². The summed E-state index contributed by atoms with van der Waals surface area (Å²) in [5, 5.41) is 4.67. The van der Waals surface area contributed by atoms with Crippen molar-refractivity contribution in [3.05, 3.63) is 40.5 Å². The Kier molecular flexibility index (Phi) is 3.67. The van der Waals surface area contributed by atoms with Gasteiger partial charge in [0.2, 0.25) is 0 Å². The van der Waals surface area contributed by atoms with E-state index in [1.807, 2.05) is 6.07 Å². The number of benzene rings is 1. The molecule has 0 unspecified atom stereocenters. The second kappa shape index (κ2) is 5.05. The molecule has 0 aliphatic rings. The number of halogens is 1. The first-order chi connectivity index (χ1) is 8.15. The van der Waals surface area contributed by atoms with Crippen LogP contribution in [-0.2, 0) is 6.54 Å². The van der Waals surface area contributed by atoms with Gasteiger partial charge in [0.05, 0.1) is 15.9 Å². The Bertz CT molecular complexity index is 500. The summed E-state index contributed by atoms with van der Waals surface area (Å²) in [6, 6.07) is 10.4. The third-order valence-electron chi connectivity index (χ3n) is 2.81. The summed E-state index contributed by atoms with van der Waals surface area (Å²) >= 11 is 3.70. The maximum Gasteiger partial charge on any atom is 0.0827 e. The molecular weight excluding hydrogens is 276 g/mol. The molecule has 90 valence electrons. The molecular formula is C14H17BrN2. The fraction of sp³-hybridized carbons (Fsp3) is 0.357. The average Bonchev–Trinajstić information content (AvgIpc) is 2.67. The molecule has 0 aliphatic heterocycles. The fourth-order valence-electron chi connectivity index (χ4n) is 1.93. The highest BCUT2D eigenvalue weighted by Gasteiger charge is 2.18. The highest BCUT2D eigenvalue weighted by Crippen LogP contribution is 2.34. The Labute approximate surface area is 111 Å². The third-order valence-corrected chi connectivity index (χ3v) is 3.59. The van der Waals surface area contributed by atoms with Gasteiger partial charge in [0.15, 0.2) is 0 Å². The fourth-order valence-corrected chi connectivity index (χ4v) is 2.90. The molecule has 0 amide bonds.